The first-order valence-electron chi connectivity index (χ1n) is 12.5. The fraction of sp³-hybridized carbons (Fsp3) is 0.704. The van der Waals surface area contributed by atoms with E-state index in [4.69, 9.17) is 14.3 Å². The van der Waals surface area contributed by atoms with Crippen LogP contribution in [0.15, 0.2) is 47.6 Å². The summed E-state index contributed by atoms with van der Waals surface area (Å²) in [4.78, 5) is 18.3. The maximum absolute atomic E-state index is 11.2. The summed E-state index contributed by atoms with van der Waals surface area (Å²) in [7, 11) is -4.46. The lowest BCUT2D eigenvalue weighted by Gasteiger charge is -2.44. The Kier molecular flexibility index (Phi) is 8.47. The van der Waals surface area contributed by atoms with Crippen LogP contribution in [0, 0.1) is 29.1 Å². The number of phosphoric ester groups is 1. The molecule has 0 aromatic carbocycles. The van der Waals surface area contributed by atoms with Crippen LogP contribution in [0.1, 0.15) is 85.5 Å². The molecular formula is C27H43O4P. The van der Waals surface area contributed by atoms with Crippen LogP contribution in [0.3, 0.4) is 0 Å². The van der Waals surface area contributed by atoms with E-state index in [-0.39, 0.29) is 0 Å². The Morgan fingerprint density at radius 2 is 1.97 bits per heavy atom. The molecule has 2 unspecified atom stereocenters. The maximum Gasteiger partial charge on any atom is 0.469 e. The molecule has 3 rings (SSSR count). The first kappa shape index (κ1) is 25.7. The zero-order valence-corrected chi connectivity index (χ0v) is 21.3. The minimum atomic E-state index is -4.46. The molecule has 0 spiro atoms. The number of phosphoric acid groups is 1. The molecule has 0 radical (unpaired) electrons. The molecule has 5 atom stereocenters. The van der Waals surface area contributed by atoms with Gasteiger partial charge in [0.1, 0.15) is 0 Å². The van der Waals surface area contributed by atoms with Crippen LogP contribution in [-0.2, 0) is 9.09 Å². The average Bonchev–Trinajstić information content (AvgIpc) is 3.04. The lowest BCUT2D eigenvalue weighted by molar-refractivity contribution is 0.109. The Balaban J connectivity index is 1.70. The van der Waals surface area contributed by atoms with Crippen LogP contribution in [0.4, 0.5) is 0 Å². The molecule has 0 heterocycles. The summed E-state index contributed by atoms with van der Waals surface area (Å²) in [6.07, 6.45) is 18.4. The summed E-state index contributed by atoms with van der Waals surface area (Å²) in [5, 5.41) is 0. The monoisotopic (exact) mass is 462 g/mol. The molecule has 2 fully saturated rings. The van der Waals surface area contributed by atoms with Crippen LogP contribution in [0.5, 0.6) is 0 Å². The molecule has 180 valence electrons. The van der Waals surface area contributed by atoms with E-state index in [1.807, 2.05) is 0 Å². The van der Waals surface area contributed by atoms with Crippen LogP contribution >= 0.6 is 7.82 Å². The highest BCUT2D eigenvalue weighted by Crippen LogP contribution is 2.56. The highest BCUT2D eigenvalue weighted by Gasteiger charge is 2.47. The van der Waals surface area contributed by atoms with E-state index < -0.39 is 13.9 Å². The molecule has 0 saturated heterocycles. The first-order chi connectivity index (χ1) is 15.0. The minimum Gasteiger partial charge on any atom is -0.303 e. The quantitative estimate of drug-likeness (QED) is 0.289. The number of fused-ring (bicyclic) bond motifs is 1. The van der Waals surface area contributed by atoms with Crippen LogP contribution < -0.4 is 0 Å². The number of hydrogen-bond donors (Lipinski definition) is 2. The second kappa shape index (κ2) is 10.6. The van der Waals surface area contributed by atoms with Gasteiger partial charge in [-0.3, -0.25) is 4.52 Å². The zero-order valence-electron chi connectivity index (χ0n) is 20.4. The molecule has 5 heteroatoms. The fourth-order valence-corrected chi connectivity index (χ4v) is 6.86. The van der Waals surface area contributed by atoms with E-state index in [1.54, 1.807) is 0 Å². The van der Waals surface area contributed by atoms with Gasteiger partial charge in [-0.1, -0.05) is 89.0 Å². The number of hydrogen-bond acceptors (Lipinski definition) is 2. The predicted octanol–water partition coefficient (Wildman–Crippen LogP) is 7.51. The molecule has 3 aliphatic rings. The van der Waals surface area contributed by atoms with E-state index in [0.29, 0.717) is 36.0 Å². The van der Waals surface area contributed by atoms with Crippen molar-refractivity contribution >= 4 is 7.82 Å². The molecule has 0 aromatic heterocycles. The maximum atomic E-state index is 11.2. The molecular weight excluding hydrogens is 419 g/mol. The lowest BCUT2D eigenvalue weighted by Crippen LogP contribution is -2.36. The van der Waals surface area contributed by atoms with Gasteiger partial charge in [-0.05, 0) is 67.3 Å². The Morgan fingerprint density at radius 1 is 1.22 bits per heavy atom. The normalized spacial score (nSPS) is 34.5. The second-order valence-corrected chi connectivity index (χ2v) is 12.2. The van der Waals surface area contributed by atoms with Gasteiger partial charge >= 0.3 is 7.82 Å². The molecule has 2 saturated carbocycles. The summed E-state index contributed by atoms with van der Waals surface area (Å²) >= 11 is 0. The van der Waals surface area contributed by atoms with Crippen molar-refractivity contribution in [3.8, 4) is 0 Å². The summed E-state index contributed by atoms with van der Waals surface area (Å²) in [6.45, 7) is 13.7. The highest BCUT2D eigenvalue weighted by molar-refractivity contribution is 7.46. The van der Waals surface area contributed by atoms with E-state index >= 15 is 0 Å². The number of allylic oxidation sites excluding steroid dienone is 6. The Bertz CT molecular complexity index is 818. The third-order valence-corrected chi connectivity index (χ3v) is 8.64. The van der Waals surface area contributed by atoms with Crippen molar-refractivity contribution in [3.05, 3.63) is 47.6 Å². The van der Waals surface area contributed by atoms with Crippen molar-refractivity contribution in [2.24, 2.45) is 29.1 Å². The van der Waals surface area contributed by atoms with Crippen LogP contribution in [-0.4, -0.2) is 15.9 Å². The third-order valence-electron chi connectivity index (χ3n) is 8.07. The standard InChI is InChI=1S/C27H43O4P/c1-19(2)8-6-9-21(4)25-15-16-26-22(10-7-17-27(25,26)5)12-13-23-18-24(14-11-20(23)3)31-32(28,29)30/h12-13,15-16,19,21,24-26H,3,6-11,14,17-18H2,1-2,4-5H3,(H2,28,29,30)/b22-12+,23-13-/t21-,24+,25?,26?,27-/m1/s1. The molecule has 4 nitrogen and oxygen atoms in total. The molecule has 0 aromatic rings. The second-order valence-electron chi connectivity index (χ2n) is 11.0. The van der Waals surface area contributed by atoms with Crippen molar-refractivity contribution in [3.63, 3.8) is 0 Å². The Morgan fingerprint density at radius 3 is 2.66 bits per heavy atom. The first-order valence-corrected chi connectivity index (χ1v) is 14.0. The predicted molar refractivity (Wildman–Crippen MR) is 132 cm³/mol. The van der Waals surface area contributed by atoms with Gasteiger partial charge in [0.15, 0.2) is 0 Å². The van der Waals surface area contributed by atoms with E-state index in [1.165, 1.54) is 37.7 Å². The summed E-state index contributed by atoms with van der Waals surface area (Å²) in [6, 6.07) is 0. The van der Waals surface area contributed by atoms with Gasteiger partial charge in [0.25, 0.3) is 0 Å². The van der Waals surface area contributed by atoms with E-state index in [2.05, 4.69) is 58.6 Å². The SMILES string of the molecule is C=C1CC[C@H](OP(=O)(O)O)C/C1=C/C=C1\CCC[C@@]2(C)C1C=CC2[C@H](C)CCCC(C)C. The van der Waals surface area contributed by atoms with Crippen LogP contribution in [0.25, 0.3) is 0 Å². The smallest absolute Gasteiger partial charge is 0.303 e. The van der Waals surface area contributed by atoms with Gasteiger partial charge in [-0.15, -0.1) is 0 Å². The molecule has 32 heavy (non-hydrogen) atoms. The zero-order chi connectivity index (χ0) is 23.5. The average molecular weight is 463 g/mol. The lowest BCUT2D eigenvalue weighted by atomic mass is 9.60. The fourth-order valence-electron chi connectivity index (χ4n) is 6.30. The summed E-state index contributed by atoms with van der Waals surface area (Å²) in [5.41, 5.74) is 3.92. The molecule has 2 N–H and O–H groups in total. The third kappa shape index (κ3) is 6.35. The Hall–Kier alpha value is -0.930. The van der Waals surface area contributed by atoms with Crippen molar-refractivity contribution in [1.82, 2.24) is 0 Å². The molecule has 3 aliphatic carbocycles. The molecule has 0 amide bonds. The van der Waals surface area contributed by atoms with Gasteiger partial charge in [0, 0.05) is 5.92 Å². The van der Waals surface area contributed by atoms with Crippen molar-refractivity contribution in [2.75, 3.05) is 0 Å². The van der Waals surface area contributed by atoms with Gasteiger partial charge < -0.3 is 9.79 Å². The van der Waals surface area contributed by atoms with Crippen molar-refractivity contribution in [1.29, 1.82) is 0 Å². The molecule has 0 bridgehead atoms. The largest absolute Gasteiger partial charge is 0.469 e. The van der Waals surface area contributed by atoms with Crippen LogP contribution in [0.2, 0.25) is 0 Å². The topological polar surface area (TPSA) is 66.8 Å². The summed E-state index contributed by atoms with van der Waals surface area (Å²) < 4.78 is 16.2. The van der Waals surface area contributed by atoms with Gasteiger partial charge in [-0.25, -0.2) is 4.57 Å². The van der Waals surface area contributed by atoms with Gasteiger partial charge in [-0.2, -0.15) is 0 Å². The highest BCUT2D eigenvalue weighted by atomic mass is 31.2. The van der Waals surface area contributed by atoms with E-state index in [0.717, 1.165) is 29.9 Å². The Labute approximate surface area is 195 Å². The summed E-state index contributed by atoms with van der Waals surface area (Å²) in [5.74, 6) is 2.62. The number of rotatable bonds is 8. The van der Waals surface area contributed by atoms with Crippen molar-refractivity contribution in [2.45, 2.75) is 91.6 Å². The van der Waals surface area contributed by atoms with E-state index in [9.17, 15) is 4.57 Å². The van der Waals surface area contributed by atoms with Crippen molar-refractivity contribution < 1.29 is 18.9 Å². The van der Waals surface area contributed by atoms with Gasteiger partial charge in [0.05, 0.1) is 6.10 Å². The molecule has 0 aliphatic heterocycles. The van der Waals surface area contributed by atoms with Gasteiger partial charge in [0.2, 0.25) is 0 Å². The minimum absolute atomic E-state index is 0.301.